The van der Waals surface area contributed by atoms with Crippen molar-refractivity contribution in [1.82, 2.24) is 10.2 Å². The maximum atomic E-state index is 13.0. The normalized spacial score (nSPS) is 23.6. The van der Waals surface area contributed by atoms with Crippen molar-refractivity contribution in [3.05, 3.63) is 35.9 Å². The molecule has 4 heteroatoms. The van der Waals surface area contributed by atoms with E-state index in [2.05, 4.69) is 5.32 Å². The Hall–Kier alpha value is -1.84. The van der Waals surface area contributed by atoms with Gasteiger partial charge in [0.1, 0.15) is 12.1 Å². The van der Waals surface area contributed by atoms with Crippen LogP contribution in [0.3, 0.4) is 0 Å². The molecule has 0 saturated carbocycles. The zero-order valence-electron chi connectivity index (χ0n) is 14.8. The third kappa shape index (κ3) is 3.74. The van der Waals surface area contributed by atoms with E-state index >= 15 is 0 Å². The van der Waals surface area contributed by atoms with Gasteiger partial charge in [0.15, 0.2) is 0 Å². The van der Waals surface area contributed by atoms with Gasteiger partial charge in [-0.25, -0.2) is 0 Å². The summed E-state index contributed by atoms with van der Waals surface area (Å²) in [6.07, 6.45) is 0.857. The summed E-state index contributed by atoms with van der Waals surface area (Å²) in [7, 11) is 0. The molecule has 0 bridgehead atoms. The molecule has 1 aliphatic rings. The first-order valence-electron chi connectivity index (χ1n) is 8.40. The van der Waals surface area contributed by atoms with Gasteiger partial charge in [-0.15, -0.1) is 0 Å². The number of rotatable bonds is 4. The maximum Gasteiger partial charge on any atom is 0.246 e. The molecule has 0 spiro atoms. The zero-order chi connectivity index (χ0) is 17.2. The Morgan fingerprint density at radius 1 is 1.17 bits per heavy atom. The van der Waals surface area contributed by atoms with E-state index in [0.29, 0.717) is 6.54 Å². The van der Waals surface area contributed by atoms with Gasteiger partial charge in [0.2, 0.25) is 11.8 Å². The summed E-state index contributed by atoms with van der Waals surface area (Å²) in [6, 6.07) is 9.00. The average Bonchev–Trinajstić information content (AvgIpc) is 2.49. The number of piperazine rings is 1. The van der Waals surface area contributed by atoms with E-state index in [-0.39, 0.29) is 23.1 Å². The van der Waals surface area contributed by atoms with Crippen molar-refractivity contribution in [3.63, 3.8) is 0 Å². The van der Waals surface area contributed by atoms with E-state index in [1.54, 1.807) is 4.90 Å². The Balaban J connectivity index is 2.36. The van der Waals surface area contributed by atoms with Crippen LogP contribution < -0.4 is 5.32 Å². The molecular weight excluding hydrogens is 288 g/mol. The van der Waals surface area contributed by atoms with Crippen LogP contribution >= 0.6 is 0 Å². The number of carbonyl (C=O) groups excluding carboxylic acids is 2. The van der Waals surface area contributed by atoms with Gasteiger partial charge in [-0.1, -0.05) is 71.4 Å². The van der Waals surface area contributed by atoms with Gasteiger partial charge in [-0.2, -0.15) is 0 Å². The van der Waals surface area contributed by atoms with Crippen LogP contribution in [0.15, 0.2) is 30.3 Å². The molecule has 1 aliphatic heterocycles. The van der Waals surface area contributed by atoms with E-state index in [0.717, 1.165) is 12.0 Å². The summed E-state index contributed by atoms with van der Waals surface area (Å²) in [5.41, 5.74) is 0.738. The summed E-state index contributed by atoms with van der Waals surface area (Å²) in [6.45, 7) is 10.6. The number of carbonyl (C=O) groups is 2. The van der Waals surface area contributed by atoms with Crippen LogP contribution in [0.2, 0.25) is 0 Å². The molecule has 1 heterocycles. The molecule has 1 saturated heterocycles. The van der Waals surface area contributed by atoms with Crippen LogP contribution in [-0.2, 0) is 16.1 Å². The second-order valence-electron chi connectivity index (χ2n) is 7.59. The Kier molecular flexibility index (Phi) is 5.12. The highest BCUT2D eigenvalue weighted by Crippen LogP contribution is 2.30. The molecule has 0 aromatic heterocycles. The van der Waals surface area contributed by atoms with Crippen LogP contribution in [0, 0.1) is 11.3 Å². The van der Waals surface area contributed by atoms with Gasteiger partial charge < -0.3 is 10.2 Å². The van der Waals surface area contributed by atoms with Crippen LogP contribution in [0.25, 0.3) is 0 Å². The number of hydrogen-bond donors (Lipinski definition) is 1. The molecule has 2 amide bonds. The van der Waals surface area contributed by atoms with Crippen LogP contribution in [-0.4, -0.2) is 28.8 Å². The lowest BCUT2D eigenvalue weighted by atomic mass is 9.81. The van der Waals surface area contributed by atoms with Gasteiger partial charge in [-0.05, 0) is 16.9 Å². The zero-order valence-corrected chi connectivity index (χ0v) is 14.8. The van der Waals surface area contributed by atoms with Gasteiger partial charge in [-0.3, -0.25) is 9.59 Å². The summed E-state index contributed by atoms with van der Waals surface area (Å²) in [4.78, 5) is 27.5. The molecular formula is C19H28N2O2. The minimum absolute atomic E-state index is 0.0303. The largest absolute Gasteiger partial charge is 0.342 e. The summed E-state index contributed by atoms with van der Waals surface area (Å²) >= 11 is 0. The third-order valence-electron chi connectivity index (χ3n) is 4.64. The summed E-state index contributed by atoms with van der Waals surface area (Å²) in [5.74, 6) is 0.117. The lowest BCUT2D eigenvalue weighted by molar-refractivity contribution is -0.156. The minimum atomic E-state index is -0.449. The second-order valence-corrected chi connectivity index (χ2v) is 7.59. The van der Waals surface area contributed by atoms with Gasteiger partial charge in [0.25, 0.3) is 0 Å². The Morgan fingerprint density at radius 2 is 1.78 bits per heavy atom. The molecule has 3 atom stereocenters. The standard InChI is InChI=1S/C19H28N2O2/c1-6-13(2)15-18(23)21(12-14-10-8-7-9-11-14)16(17(22)20-15)19(3,4)5/h7-11,13,15-16H,6,12H2,1-5H3,(H,20,22). The van der Waals surface area contributed by atoms with E-state index < -0.39 is 12.1 Å². The van der Waals surface area contributed by atoms with Crippen molar-refractivity contribution in [3.8, 4) is 0 Å². The number of amides is 2. The fourth-order valence-corrected chi connectivity index (χ4v) is 3.17. The van der Waals surface area contributed by atoms with Crippen molar-refractivity contribution in [2.45, 2.75) is 59.7 Å². The SMILES string of the molecule is CCC(C)C1NC(=O)C(C(C)(C)C)N(Cc2ccccc2)C1=O. The molecule has 0 aliphatic carbocycles. The quantitative estimate of drug-likeness (QED) is 0.928. The second kappa shape index (κ2) is 6.73. The molecule has 1 aromatic carbocycles. The van der Waals surface area contributed by atoms with Gasteiger partial charge >= 0.3 is 0 Å². The van der Waals surface area contributed by atoms with E-state index in [1.807, 2.05) is 65.0 Å². The lowest BCUT2D eigenvalue weighted by Crippen LogP contribution is -2.67. The molecule has 0 radical (unpaired) electrons. The fourth-order valence-electron chi connectivity index (χ4n) is 3.17. The highest BCUT2D eigenvalue weighted by atomic mass is 16.2. The van der Waals surface area contributed by atoms with E-state index in [1.165, 1.54) is 0 Å². The first kappa shape index (κ1) is 17.5. The van der Waals surface area contributed by atoms with Crippen molar-refractivity contribution < 1.29 is 9.59 Å². The predicted octanol–water partition coefficient (Wildman–Crippen LogP) is 2.97. The molecule has 126 valence electrons. The van der Waals surface area contributed by atoms with Crippen molar-refractivity contribution >= 4 is 11.8 Å². The number of hydrogen-bond acceptors (Lipinski definition) is 2. The molecule has 1 N–H and O–H groups in total. The lowest BCUT2D eigenvalue weighted by Gasteiger charge is -2.46. The summed E-state index contributed by atoms with van der Waals surface area (Å²) in [5, 5.41) is 2.96. The first-order valence-corrected chi connectivity index (χ1v) is 8.40. The number of benzene rings is 1. The maximum absolute atomic E-state index is 13.0. The monoisotopic (exact) mass is 316 g/mol. The van der Waals surface area contributed by atoms with E-state index in [9.17, 15) is 9.59 Å². The first-order chi connectivity index (χ1) is 10.8. The van der Waals surface area contributed by atoms with Gasteiger partial charge in [0, 0.05) is 6.54 Å². The Bertz CT molecular complexity index is 562. The summed E-state index contributed by atoms with van der Waals surface area (Å²) < 4.78 is 0. The Morgan fingerprint density at radius 3 is 2.30 bits per heavy atom. The number of nitrogens with one attached hydrogen (secondary N) is 1. The highest BCUT2D eigenvalue weighted by Gasteiger charge is 2.46. The van der Waals surface area contributed by atoms with Crippen LogP contribution in [0.5, 0.6) is 0 Å². The molecule has 1 fully saturated rings. The fraction of sp³-hybridized carbons (Fsp3) is 0.579. The van der Waals surface area contributed by atoms with Crippen molar-refractivity contribution in [2.75, 3.05) is 0 Å². The third-order valence-corrected chi connectivity index (χ3v) is 4.64. The topological polar surface area (TPSA) is 49.4 Å². The highest BCUT2D eigenvalue weighted by molar-refractivity contribution is 5.97. The van der Waals surface area contributed by atoms with Crippen LogP contribution in [0.1, 0.15) is 46.6 Å². The van der Waals surface area contributed by atoms with E-state index in [4.69, 9.17) is 0 Å². The molecule has 23 heavy (non-hydrogen) atoms. The molecule has 3 unspecified atom stereocenters. The molecule has 2 rings (SSSR count). The average molecular weight is 316 g/mol. The van der Waals surface area contributed by atoms with Crippen molar-refractivity contribution in [2.24, 2.45) is 11.3 Å². The van der Waals surface area contributed by atoms with Gasteiger partial charge in [0.05, 0.1) is 0 Å². The van der Waals surface area contributed by atoms with Crippen LogP contribution in [0.4, 0.5) is 0 Å². The molecule has 1 aromatic rings. The molecule has 4 nitrogen and oxygen atoms in total. The minimum Gasteiger partial charge on any atom is -0.342 e. The predicted molar refractivity (Wildman–Crippen MR) is 91.6 cm³/mol. The Labute approximate surface area is 139 Å². The van der Waals surface area contributed by atoms with Crippen molar-refractivity contribution in [1.29, 1.82) is 0 Å². The number of nitrogens with zero attached hydrogens (tertiary/aromatic N) is 1. The smallest absolute Gasteiger partial charge is 0.246 e.